The van der Waals surface area contributed by atoms with Gasteiger partial charge in [0.25, 0.3) is 5.91 Å². The van der Waals surface area contributed by atoms with E-state index in [9.17, 15) is 9.59 Å². The van der Waals surface area contributed by atoms with Gasteiger partial charge in [-0.1, -0.05) is 26.0 Å². The van der Waals surface area contributed by atoms with Crippen LogP contribution in [0.2, 0.25) is 0 Å². The third kappa shape index (κ3) is 2.25. The Balaban J connectivity index is 2.25. The Morgan fingerprint density at radius 2 is 1.91 bits per heavy atom. The highest BCUT2D eigenvalue weighted by molar-refractivity contribution is 6.01. The highest BCUT2D eigenvalue weighted by atomic mass is 16.1. The summed E-state index contributed by atoms with van der Waals surface area (Å²) in [5.74, 6) is -0.281. The molecular formula is C18H20N2O2. The Hall–Kier alpha value is -2.36. The van der Waals surface area contributed by atoms with Crippen molar-refractivity contribution in [1.82, 2.24) is 4.57 Å². The van der Waals surface area contributed by atoms with Gasteiger partial charge in [-0.15, -0.1) is 0 Å². The summed E-state index contributed by atoms with van der Waals surface area (Å²) in [6.45, 7) is 6.14. The molecule has 0 aliphatic heterocycles. The fourth-order valence-electron chi connectivity index (χ4n) is 3.38. The average Bonchev–Trinajstić information content (AvgIpc) is 2.74. The van der Waals surface area contributed by atoms with Gasteiger partial charge in [-0.25, -0.2) is 0 Å². The first kappa shape index (κ1) is 14.6. The molecule has 0 spiro atoms. The van der Waals surface area contributed by atoms with Gasteiger partial charge < -0.3 is 10.3 Å². The van der Waals surface area contributed by atoms with Crippen molar-refractivity contribution in [2.45, 2.75) is 33.6 Å². The number of hydrogen-bond acceptors (Lipinski definition) is 2. The minimum atomic E-state index is -0.461. The monoisotopic (exact) mass is 296 g/mol. The number of nitrogens with zero attached hydrogens (tertiary/aromatic N) is 1. The highest BCUT2D eigenvalue weighted by Gasteiger charge is 2.35. The minimum Gasteiger partial charge on any atom is -0.366 e. The molecule has 0 saturated heterocycles. The van der Waals surface area contributed by atoms with Crippen LogP contribution in [0.5, 0.6) is 0 Å². The summed E-state index contributed by atoms with van der Waals surface area (Å²) in [7, 11) is 0. The van der Waals surface area contributed by atoms with Crippen LogP contribution in [-0.4, -0.2) is 16.3 Å². The second kappa shape index (κ2) is 4.83. The molecule has 1 heterocycles. The summed E-state index contributed by atoms with van der Waals surface area (Å²) in [5, 5.41) is 0. The van der Waals surface area contributed by atoms with Crippen LogP contribution < -0.4 is 5.73 Å². The predicted octanol–water partition coefficient (Wildman–Crippen LogP) is 3.04. The molecule has 1 aliphatic rings. The number of carbonyl (C=O) groups excluding carboxylic acids is 2. The quantitative estimate of drug-likeness (QED) is 0.925. The van der Waals surface area contributed by atoms with E-state index in [1.165, 1.54) is 0 Å². The third-order valence-electron chi connectivity index (χ3n) is 4.29. The number of aromatic nitrogens is 1. The van der Waals surface area contributed by atoms with Crippen LogP contribution in [0.25, 0.3) is 5.69 Å². The molecule has 1 aromatic carbocycles. The molecule has 22 heavy (non-hydrogen) atoms. The lowest BCUT2D eigenvalue weighted by atomic mass is 9.75. The van der Waals surface area contributed by atoms with Crippen LogP contribution in [0.3, 0.4) is 0 Å². The van der Waals surface area contributed by atoms with E-state index in [-0.39, 0.29) is 11.2 Å². The number of rotatable bonds is 2. The molecule has 2 N–H and O–H groups in total. The number of nitrogens with two attached hydrogens (primary N) is 1. The van der Waals surface area contributed by atoms with E-state index in [0.717, 1.165) is 28.9 Å². The molecular weight excluding hydrogens is 276 g/mol. The molecule has 3 rings (SSSR count). The molecule has 0 unspecified atom stereocenters. The molecule has 0 saturated carbocycles. The Labute approximate surface area is 129 Å². The number of aryl methyl sites for hydroxylation is 1. The number of fused-ring (bicyclic) bond motifs is 1. The Morgan fingerprint density at radius 3 is 2.59 bits per heavy atom. The van der Waals surface area contributed by atoms with Crippen LogP contribution in [0.4, 0.5) is 0 Å². The van der Waals surface area contributed by atoms with Crippen molar-refractivity contribution in [1.29, 1.82) is 0 Å². The normalized spacial score (nSPS) is 16.4. The number of primary amides is 1. The van der Waals surface area contributed by atoms with Gasteiger partial charge in [0.2, 0.25) is 0 Å². The number of ketones is 1. The zero-order chi connectivity index (χ0) is 16.1. The van der Waals surface area contributed by atoms with Crippen LogP contribution in [0.1, 0.15) is 52.2 Å². The lowest BCUT2D eigenvalue weighted by Crippen LogP contribution is -2.28. The molecule has 1 amide bonds. The lowest BCUT2D eigenvalue weighted by Gasteiger charge is -2.30. The van der Waals surface area contributed by atoms with Gasteiger partial charge in [-0.05, 0) is 36.5 Å². The maximum absolute atomic E-state index is 12.5. The fraction of sp³-hybridized carbons (Fsp3) is 0.333. The summed E-state index contributed by atoms with van der Waals surface area (Å²) >= 11 is 0. The van der Waals surface area contributed by atoms with E-state index in [1.54, 1.807) is 12.1 Å². The van der Waals surface area contributed by atoms with Crippen molar-refractivity contribution in [3.8, 4) is 5.69 Å². The number of Topliss-reactive ketones (excluding diaryl/α,β-unsaturated/α-hetero) is 1. The SMILES string of the molecule is Cc1cn(-c2ccccc2C(N)=O)c2c1C(=O)CC(C)(C)C2. The zero-order valence-electron chi connectivity index (χ0n) is 13.1. The summed E-state index contributed by atoms with van der Waals surface area (Å²) < 4.78 is 1.96. The molecule has 2 aromatic rings. The van der Waals surface area contributed by atoms with Gasteiger partial charge in [0.15, 0.2) is 5.78 Å². The highest BCUT2D eigenvalue weighted by Crippen LogP contribution is 2.38. The van der Waals surface area contributed by atoms with Crippen molar-refractivity contribution in [3.05, 3.63) is 52.8 Å². The fourth-order valence-corrected chi connectivity index (χ4v) is 3.38. The summed E-state index contributed by atoms with van der Waals surface area (Å²) in [6.07, 6.45) is 3.29. The first-order valence-electron chi connectivity index (χ1n) is 7.43. The summed E-state index contributed by atoms with van der Waals surface area (Å²) in [6, 6.07) is 7.25. The molecule has 1 aromatic heterocycles. The number of carbonyl (C=O) groups is 2. The molecule has 1 aliphatic carbocycles. The van der Waals surface area contributed by atoms with Crippen molar-refractivity contribution >= 4 is 11.7 Å². The van der Waals surface area contributed by atoms with E-state index in [0.29, 0.717) is 12.0 Å². The topological polar surface area (TPSA) is 65.1 Å². The molecule has 4 heteroatoms. The lowest BCUT2D eigenvalue weighted by molar-refractivity contribution is 0.0910. The van der Waals surface area contributed by atoms with Gasteiger partial charge in [-0.2, -0.15) is 0 Å². The van der Waals surface area contributed by atoms with Gasteiger partial charge in [-0.3, -0.25) is 9.59 Å². The first-order valence-corrected chi connectivity index (χ1v) is 7.43. The van der Waals surface area contributed by atoms with Crippen molar-refractivity contribution in [2.24, 2.45) is 11.1 Å². The molecule has 0 bridgehead atoms. The van der Waals surface area contributed by atoms with E-state index in [2.05, 4.69) is 13.8 Å². The third-order valence-corrected chi connectivity index (χ3v) is 4.29. The van der Waals surface area contributed by atoms with Crippen molar-refractivity contribution < 1.29 is 9.59 Å². The van der Waals surface area contributed by atoms with Crippen LogP contribution in [0.15, 0.2) is 30.5 Å². The molecule has 0 atom stereocenters. The predicted molar refractivity (Wildman–Crippen MR) is 85.5 cm³/mol. The van der Waals surface area contributed by atoms with Crippen LogP contribution in [-0.2, 0) is 6.42 Å². The minimum absolute atomic E-state index is 0.0751. The summed E-state index contributed by atoms with van der Waals surface area (Å²) in [4.78, 5) is 24.2. The maximum atomic E-state index is 12.5. The maximum Gasteiger partial charge on any atom is 0.250 e. The van der Waals surface area contributed by atoms with Crippen molar-refractivity contribution in [2.75, 3.05) is 0 Å². The van der Waals surface area contributed by atoms with Crippen LogP contribution in [0, 0.1) is 12.3 Å². The molecule has 0 fully saturated rings. The zero-order valence-corrected chi connectivity index (χ0v) is 13.1. The molecule has 4 nitrogen and oxygen atoms in total. The standard InChI is InChI=1S/C18H20N2O2/c1-11-10-20(13-7-5-4-6-12(13)17(19)22)14-8-18(2,3)9-15(21)16(11)14/h4-7,10H,8-9H2,1-3H3,(H2,19,22). The van der Waals surface area contributed by atoms with Crippen molar-refractivity contribution in [3.63, 3.8) is 0 Å². The second-order valence-electron chi connectivity index (χ2n) is 6.83. The van der Waals surface area contributed by atoms with E-state index < -0.39 is 5.91 Å². The molecule has 114 valence electrons. The second-order valence-corrected chi connectivity index (χ2v) is 6.83. The molecule has 0 radical (unpaired) electrons. The number of hydrogen-bond donors (Lipinski definition) is 1. The van der Waals surface area contributed by atoms with E-state index in [1.807, 2.05) is 29.8 Å². The average molecular weight is 296 g/mol. The first-order chi connectivity index (χ1) is 10.3. The van der Waals surface area contributed by atoms with Gasteiger partial charge in [0, 0.05) is 23.9 Å². The largest absolute Gasteiger partial charge is 0.366 e. The van der Waals surface area contributed by atoms with E-state index >= 15 is 0 Å². The van der Waals surface area contributed by atoms with E-state index in [4.69, 9.17) is 5.73 Å². The van der Waals surface area contributed by atoms with Gasteiger partial charge in [0.05, 0.1) is 11.3 Å². The summed E-state index contributed by atoms with van der Waals surface area (Å²) in [5.41, 5.74) is 9.37. The Bertz CT molecular complexity index is 784. The van der Waals surface area contributed by atoms with Gasteiger partial charge >= 0.3 is 0 Å². The Morgan fingerprint density at radius 1 is 1.23 bits per heavy atom. The Kier molecular flexibility index (Phi) is 3.20. The number of para-hydroxylation sites is 1. The smallest absolute Gasteiger partial charge is 0.250 e. The number of amides is 1. The van der Waals surface area contributed by atoms with Crippen LogP contribution >= 0.6 is 0 Å². The number of benzene rings is 1. The van der Waals surface area contributed by atoms with Gasteiger partial charge in [0.1, 0.15) is 0 Å².